The maximum atomic E-state index is 5.33. The molecule has 2 heterocycles. The Morgan fingerprint density at radius 1 is 1.47 bits per heavy atom. The maximum absolute atomic E-state index is 5.33. The predicted octanol–water partition coefficient (Wildman–Crippen LogP) is 1.81. The van der Waals surface area contributed by atoms with Crippen LogP contribution in [-0.4, -0.2) is 35.8 Å². The molecule has 0 aromatic carbocycles. The van der Waals surface area contributed by atoms with Gasteiger partial charge in [0.2, 0.25) is 5.95 Å². The standard InChI is InChI=1S/C12H20N4O/c1-3-5-13-12-14-9(2)7-11(16-12)15-10-4-6-17-8-10/h7,10H,3-6,8H2,1-2H3,(H2,13,14,15,16). The molecular weight excluding hydrogens is 216 g/mol. The summed E-state index contributed by atoms with van der Waals surface area (Å²) in [5.41, 5.74) is 0.972. The predicted molar refractivity (Wildman–Crippen MR) is 68.4 cm³/mol. The molecule has 17 heavy (non-hydrogen) atoms. The highest BCUT2D eigenvalue weighted by Gasteiger charge is 2.16. The molecule has 0 aliphatic carbocycles. The van der Waals surface area contributed by atoms with Crippen molar-refractivity contribution in [3.63, 3.8) is 0 Å². The van der Waals surface area contributed by atoms with Gasteiger partial charge in [-0.2, -0.15) is 4.98 Å². The number of hydrogen-bond donors (Lipinski definition) is 2. The summed E-state index contributed by atoms with van der Waals surface area (Å²) in [5, 5.41) is 6.59. The van der Waals surface area contributed by atoms with Gasteiger partial charge in [0, 0.05) is 24.9 Å². The smallest absolute Gasteiger partial charge is 0.224 e. The molecule has 0 spiro atoms. The second-order valence-corrected chi connectivity index (χ2v) is 4.35. The summed E-state index contributed by atoms with van der Waals surface area (Å²) in [6.45, 7) is 6.60. The van der Waals surface area contributed by atoms with Crippen LogP contribution in [0.25, 0.3) is 0 Å². The molecule has 0 saturated carbocycles. The molecule has 1 atom stereocenters. The first-order valence-electron chi connectivity index (χ1n) is 6.21. The minimum Gasteiger partial charge on any atom is -0.379 e. The third-order valence-corrected chi connectivity index (χ3v) is 2.67. The Bertz CT molecular complexity index is 364. The average molecular weight is 236 g/mol. The second kappa shape index (κ2) is 5.82. The van der Waals surface area contributed by atoms with Crippen LogP contribution in [0.15, 0.2) is 6.07 Å². The van der Waals surface area contributed by atoms with Crippen LogP contribution in [0, 0.1) is 6.92 Å². The van der Waals surface area contributed by atoms with Crippen LogP contribution in [0.2, 0.25) is 0 Å². The number of ether oxygens (including phenoxy) is 1. The fraction of sp³-hybridized carbons (Fsp3) is 0.667. The number of hydrogen-bond acceptors (Lipinski definition) is 5. The van der Waals surface area contributed by atoms with Gasteiger partial charge < -0.3 is 15.4 Å². The number of nitrogens with zero attached hydrogens (tertiary/aromatic N) is 2. The van der Waals surface area contributed by atoms with Crippen molar-refractivity contribution >= 4 is 11.8 Å². The second-order valence-electron chi connectivity index (χ2n) is 4.35. The molecule has 1 aromatic heterocycles. The van der Waals surface area contributed by atoms with Crippen LogP contribution < -0.4 is 10.6 Å². The van der Waals surface area contributed by atoms with Crippen molar-refractivity contribution < 1.29 is 4.74 Å². The third-order valence-electron chi connectivity index (χ3n) is 2.67. The molecule has 1 unspecified atom stereocenters. The highest BCUT2D eigenvalue weighted by atomic mass is 16.5. The lowest BCUT2D eigenvalue weighted by atomic mass is 10.2. The van der Waals surface area contributed by atoms with E-state index in [-0.39, 0.29) is 0 Å². The molecule has 0 bridgehead atoms. The summed E-state index contributed by atoms with van der Waals surface area (Å²) < 4.78 is 5.33. The normalized spacial score (nSPS) is 19.3. The van der Waals surface area contributed by atoms with Gasteiger partial charge in [0.05, 0.1) is 12.6 Å². The molecule has 1 aliphatic rings. The number of anilines is 2. The highest BCUT2D eigenvalue weighted by molar-refractivity contribution is 5.43. The lowest BCUT2D eigenvalue weighted by molar-refractivity contribution is 0.195. The molecule has 1 saturated heterocycles. The highest BCUT2D eigenvalue weighted by Crippen LogP contribution is 2.14. The van der Waals surface area contributed by atoms with Crippen LogP contribution in [-0.2, 0) is 4.74 Å². The zero-order valence-corrected chi connectivity index (χ0v) is 10.5. The molecule has 1 aromatic rings. The van der Waals surface area contributed by atoms with E-state index in [1.54, 1.807) is 0 Å². The quantitative estimate of drug-likeness (QED) is 0.816. The molecule has 0 amide bonds. The van der Waals surface area contributed by atoms with E-state index in [0.29, 0.717) is 12.0 Å². The third kappa shape index (κ3) is 3.56. The minimum absolute atomic E-state index is 0.378. The molecular formula is C12H20N4O. The van der Waals surface area contributed by atoms with Gasteiger partial charge >= 0.3 is 0 Å². The van der Waals surface area contributed by atoms with Gasteiger partial charge in [0.1, 0.15) is 5.82 Å². The van der Waals surface area contributed by atoms with Gasteiger partial charge in [-0.25, -0.2) is 4.98 Å². The Balaban J connectivity index is 2.02. The van der Waals surface area contributed by atoms with E-state index in [2.05, 4.69) is 27.5 Å². The number of nitrogens with one attached hydrogen (secondary N) is 2. The van der Waals surface area contributed by atoms with E-state index in [9.17, 15) is 0 Å². The van der Waals surface area contributed by atoms with Gasteiger partial charge in [-0.3, -0.25) is 0 Å². The van der Waals surface area contributed by atoms with Crippen molar-refractivity contribution in [3.05, 3.63) is 11.8 Å². The van der Waals surface area contributed by atoms with E-state index in [1.807, 2.05) is 13.0 Å². The topological polar surface area (TPSA) is 59.1 Å². The van der Waals surface area contributed by atoms with Gasteiger partial charge in [-0.15, -0.1) is 0 Å². The van der Waals surface area contributed by atoms with E-state index >= 15 is 0 Å². The maximum Gasteiger partial charge on any atom is 0.224 e. The van der Waals surface area contributed by atoms with Crippen LogP contribution >= 0.6 is 0 Å². The van der Waals surface area contributed by atoms with Crippen LogP contribution in [0.3, 0.4) is 0 Å². The monoisotopic (exact) mass is 236 g/mol. The number of aromatic nitrogens is 2. The number of rotatable bonds is 5. The van der Waals surface area contributed by atoms with Crippen LogP contribution in [0.4, 0.5) is 11.8 Å². The molecule has 0 radical (unpaired) electrons. The lowest BCUT2D eigenvalue weighted by Crippen LogP contribution is -2.20. The summed E-state index contributed by atoms with van der Waals surface area (Å²) in [6, 6.07) is 2.35. The Kier molecular flexibility index (Phi) is 4.14. The SMILES string of the molecule is CCCNc1nc(C)cc(NC2CCOC2)n1. The van der Waals surface area contributed by atoms with Crippen molar-refractivity contribution in [2.75, 3.05) is 30.4 Å². The van der Waals surface area contributed by atoms with E-state index in [4.69, 9.17) is 4.74 Å². The minimum atomic E-state index is 0.378. The molecule has 2 rings (SSSR count). The summed E-state index contributed by atoms with van der Waals surface area (Å²) >= 11 is 0. The van der Waals surface area contributed by atoms with E-state index < -0.39 is 0 Å². The Labute approximate surface area is 102 Å². The fourth-order valence-electron chi connectivity index (χ4n) is 1.82. The van der Waals surface area contributed by atoms with Gasteiger partial charge in [-0.05, 0) is 19.8 Å². The average Bonchev–Trinajstić information content (AvgIpc) is 2.78. The van der Waals surface area contributed by atoms with Crippen LogP contribution in [0.5, 0.6) is 0 Å². The van der Waals surface area contributed by atoms with Crippen molar-refractivity contribution in [2.24, 2.45) is 0 Å². The Morgan fingerprint density at radius 3 is 3.06 bits per heavy atom. The zero-order valence-electron chi connectivity index (χ0n) is 10.5. The fourth-order valence-corrected chi connectivity index (χ4v) is 1.82. The van der Waals surface area contributed by atoms with Crippen molar-refractivity contribution in [3.8, 4) is 0 Å². The Morgan fingerprint density at radius 2 is 2.35 bits per heavy atom. The van der Waals surface area contributed by atoms with Crippen molar-refractivity contribution in [1.82, 2.24) is 9.97 Å². The zero-order chi connectivity index (χ0) is 12.1. The summed E-state index contributed by atoms with van der Waals surface area (Å²) in [5.74, 6) is 1.58. The summed E-state index contributed by atoms with van der Waals surface area (Å²) in [6.07, 6.45) is 2.11. The number of aryl methyl sites for hydroxylation is 1. The van der Waals surface area contributed by atoms with E-state index in [1.165, 1.54) is 0 Å². The summed E-state index contributed by atoms with van der Waals surface area (Å²) in [4.78, 5) is 8.80. The first-order valence-corrected chi connectivity index (χ1v) is 6.21. The molecule has 5 nitrogen and oxygen atoms in total. The molecule has 94 valence electrons. The van der Waals surface area contributed by atoms with Crippen molar-refractivity contribution in [2.45, 2.75) is 32.7 Å². The molecule has 1 fully saturated rings. The largest absolute Gasteiger partial charge is 0.379 e. The molecule has 1 aliphatic heterocycles. The summed E-state index contributed by atoms with van der Waals surface area (Å²) in [7, 11) is 0. The first kappa shape index (κ1) is 12.1. The molecule has 5 heteroatoms. The van der Waals surface area contributed by atoms with E-state index in [0.717, 1.165) is 44.1 Å². The van der Waals surface area contributed by atoms with Crippen LogP contribution in [0.1, 0.15) is 25.5 Å². The van der Waals surface area contributed by atoms with Gasteiger partial charge in [0.15, 0.2) is 0 Å². The van der Waals surface area contributed by atoms with Gasteiger partial charge in [-0.1, -0.05) is 6.92 Å². The van der Waals surface area contributed by atoms with Gasteiger partial charge in [0.25, 0.3) is 0 Å². The molecule has 2 N–H and O–H groups in total. The lowest BCUT2D eigenvalue weighted by Gasteiger charge is -2.13. The van der Waals surface area contributed by atoms with Crippen molar-refractivity contribution in [1.29, 1.82) is 0 Å². The first-order chi connectivity index (χ1) is 8.28. The Hall–Kier alpha value is -1.36.